The first-order valence-electron chi connectivity index (χ1n) is 10.6. The number of furan rings is 1. The van der Waals surface area contributed by atoms with Crippen LogP contribution in [0.15, 0.2) is 71.3 Å². The number of nitrogens with one attached hydrogen (secondary N) is 2. The van der Waals surface area contributed by atoms with Gasteiger partial charge in [0.1, 0.15) is 23.4 Å². The molecule has 1 heterocycles. The molecule has 0 spiro atoms. The number of para-hydroxylation sites is 1. The molecule has 172 valence electrons. The highest BCUT2D eigenvalue weighted by atomic mass is 19.1. The van der Waals surface area contributed by atoms with E-state index in [1.807, 2.05) is 0 Å². The third kappa shape index (κ3) is 6.81. The maximum absolute atomic E-state index is 13.4. The minimum absolute atomic E-state index is 0.0255. The third-order valence-corrected chi connectivity index (χ3v) is 4.61. The second kappa shape index (κ2) is 11.1. The first-order chi connectivity index (χ1) is 16.3. The van der Waals surface area contributed by atoms with Gasteiger partial charge in [-0.25, -0.2) is 13.7 Å². The normalized spacial score (nSPS) is 12.0. The summed E-state index contributed by atoms with van der Waals surface area (Å²) in [6.07, 6.45) is 1.01. The largest absolute Gasteiger partial charge is 0.468 e. The number of nitrogens with zero attached hydrogens (tertiary/aromatic N) is 1. The van der Waals surface area contributed by atoms with Crippen LogP contribution in [0.2, 0.25) is 1.41 Å². The molecule has 0 aliphatic heterocycles. The van der Waals surface area contributed by atoms with Gasteiger partial charge in [-0.05, 0) is 48.9 Å². The Morgan fingerprint density at radius 2 is 1.76 bits per heavy atom. The van der Waals surface area contributed by atoms with Crippen molar-refractivity contribution in [1.82, 2.24) is 10.6 Å². The molecule has 0 fully saturated rings. The molecule has 0 bridgehead atoms. The molecule has 3 aromatic rings. The number of carbonyl (C=O) groups is 3. The molecule has 1 aromatic heterocycles. The molecule has 0 unspecified atom stereocenters. The van der Waals surface area contributed by atoms with Gasteiger partial charge in [-0.2, -0.15) is 0 Å². The van der Waals surface area contributed by atoms with Crippen LogP contribution in [0.5, 0.6) is 0 Å². The SMILES string of the molecule is [2H]N(C(=O)Cc1cc(F)cc(F)c1)[C@@H](C)C(=O)N(C(=O)CNCc1ccco1)c1ccccc1. The van der Waals surface area contributed by atoms with E-state index in [9.17, 15) is 23.2 Å². The maximum Gasteiger partial charge on any atom is 0.256 e. The molecule has 0 saturated heterocycles. The van der Waals surface area contributed by atoms with Crippen LogP contribution in [0.4, 0.5) is 14.5 Å². The van der Waals surface area contributed by atoms with Crippen LogP contribution in [0.25, 0.3) is 0 Å². The van der Waals surface area contributed by atoms with E-state index in [0.717, 1.165) is 17.0 Å². The number of anilines is 1. The minimum Gasteiger partial charge on any atom is -0.468 e. The first kappa shape index (κ1) is 22.3. The Morgan fingerprint density at radius 1 is 1.06 bits per heavy atom. The van der Waals surface area contributed by atoms with Gasteiger partial charge in [-0.3, -0.25) is 14.4 Å². The second-order valence-corrected chi connectivity index (χ2v) is 7.24. The molecule has 1 atom stereocenters. The predicted molar refractivity (Wildman–Crippen MR) is 117 cm³/mol. The zero-order valence-electron chi connectivity index (χ0n) is 18.8. The van der Waals surface area contributed by atoms with Crippen molar-refractivity contribution >= 4 is 23.4 Å². The average Bonchev–Trinajstić information content (AvgIpc) is 3.31. The van der Waals surface area contributed by atoms with Crippen LogP contribution in [-0.2, 0) is 27.3 Å². The fourth-order valence-corrected chi connectivity index (χ4v) is 3.15. The monoisotopic (exact) mass is 456 g/mol. The maximum atomic E-state index is 13.4. The molecule has 0 aliphatic carbocycles. The average molecular weight is 456 g/mol. The van der Waals surface area contributed by atoms with Gasteiger partial charge in [-0.15, -0.1) is 0 Å². The lowest BCUT2D eigenvalue weighted by molar-refractivity contribution is -0.130. The number of amides is 3. The van der Waals surface area contributed by atoms with Crippen molar-refractivity contribution in [3.05, 3.63) is 89.9 Å². The van der Waals surface area contributed by atoms with E-state index in [4.69, 9.17) is 5.83 Å². The topological polar surface area (TPSA) is 91.7 Å². The number of hydrogen-bond acceptors (Lipinski definition) is 5. The van der Waals surface area contributed by atoms with Gasteiger partial charge in [0.15, 0.2) is 1.41 Å². The lowest BCUT2D eigenvalue weighted by atomic mass is 10.1. The van der Waals surface area contributed by atoms with Crippen LogP contribution < -0.4 is 15.5 Å². The van der Waals surface area contributed by atoms with Crippen molar-refractivity contribution in [2.45, 2.75) is 25.9 Å². The van der Waals surface area contributed by atoms with E-state index in [1.165, 1.54) is 13.2 Å². The van der Waals surface area contributed by atoms with Crippen LogP contribution >= 0.6 is 0 Å². The number of halogens is 2. The van der Waals surface area contributed by atoms with Crippen LogP contribution in [-0.4, -0.2) is 30.3 Å². The summed E-state index contributed by atoms with van der Waals surface area (Å²) in [7, 11) is 0. The Kier molecular flexibility index (Phi) is 7.55. The molecule has 33 heavy (non-hydrogen) atoms. The molecule has 3 amide bonds. The molecular weight excluding hydrogens is 432 g/mol. The molecule has 9 heteroatoms. The van der Waals surface area contributed by atoms with E-state index >= 15 is 0 Å². The summed E-state index contributed by atoms with van der Waals surface area (Å²) in [5, 5.41) is 3.30. The zero-order valence-corrected chi connectivity index (χ0v) is 17.8. The zero-order chi connectivity index (χ0) is 24.7. The molecule has 3 rings (SSSR count). The summed E-state index contributed by atoms with van der Waals surface area (Å²) in [5.74, 6) is -3.36. The fraction of sp³-hybridized carbons (Fsp3) is 0.208. The van der Waals surface area contributed by atoms with Crippen molar-refractivity contribution in [3.8, 4) is 0 Å². The second-order valence-electron chi connectivity index (χ2n) is 7.24. The molecule has 7 nitrogen and oxygen atoms in total. The number of hydrogen-bond donors (Lipinski definition) is 2. The van der Waals surface area contributed by atoms with Crippen LogP contribution in [0, 0.1) is 11.6 Å². The quantitative estimate of drug-likeness (QED) is 0.517. The van der Waals surface area contributed by atoms with Crippen molar-refractivity contribution < 1.29 is 29.0 Å². The van der Waals surface area contributed by atoms with Crippen LogP contribution in [0.1, 0.15) is 18.2 Å². The summed E-state index contributed by atoms with van der Waals surface area (Å²) >= 11 is 0. The predicted octanol–water partition coefficient (Wildman–Crippen LogP) is 2.95. The summed E-state index contributed by atoms with van der Waals surface area (Å²) < 4.78 is 40.1. The first-order valence-corrected chi connectivity index (χ1v) is 10.2. The smallest absolute Gasteiger partial charge is 0.256 e. The Morgan fingerprint density at radius 3 is 2.39 bits per heavy atom. The Hall–Kier alpha value is -3.85. The van der Waals surface area contributed by atoms with Gasteiger partial charge in [-0.1, -0.05) is 18.2 Å². The van der Waals surface area contributed by atoms with Gasteiger partial charge >= 0.3 is 0 Å². The number of rotatable bonds is 9. The highest BCUT2D eigenvalue weighted by Gasteiger charge is 2.28. The third-order valence-electron chi connectivity index (χ3n) is 4.61. The van der Waals surface area contributed by atoms with E-state index in [-0.39, 0.29) is 24.3 Å². The Labute approximate surface area is 190 Å². The molecule has 0 radical (unpaired) electrons. The number of imide groups is 1. The summed E-state index contributed by atoms with van der Waals surface area (Å²) in [6.45, 7) is 1.36. The van der Waals surface area contributed by atoms with Gasteiger partial charge in [0.2, 0.25) is 11.8 Å². The lowest BCUT2D eigenvalue weighted by Gasteiger charge is -2.25. The fourth-order valence-electron chi connectivity index (χ4n) is 3.15. The van der Waals surface area contributed by atoms with Crippen molar-refractivity contribution in [1.29, 1.82) is 0 Å². The van der Waals surface area contributed by atoms with Gasteiger partial charge in [0, 0.05) is 6.07 Å². The van der Waals surface area contributed by atoms with Gasteiger partial charge in [0.25, 0.3) is 5.91 Å². The molecule has 2 aromatic carbocycles. The lowest BCUT2D eigenvalue weighted by Crippen LogP contribution is -2.51. The number of benzene rings is 2. The Balaban J connectivity index is 1.72. The molecule has 0 saturated carbocycles. The number of carbonyl (C=O) groups excluding carboxylic acids is 3. The highest BCUT2D eigenvalue weighted by Crippen LogP contribution is 2.15. The molecular formula is C24H23F2N3O4. The van der Waals surface area contributed by atoms with Crippen molar-refractivity contribution in [3.63, 3.8) is 0 Å². The van der Waals surface area contributed by atoms with Crippen molar-refractivity contribution in [2.24, 2.45) is 0 Å². The van der Waals surface area contributed by atoms with E-state index in [0.29, 0.717) is 17.1 Å². The summed E-state index contributed by atoms with van der Waals surface area (Å²) in [4.78, 5) is 39.6. The molecule has 2 N–H and O–H groups in total. The highest BCUT2D eigenvalue weighted by molar-refractivity contribution is 6.17. The van der Waals surface area contributed by atoms with Crippen LogP contribution in [0.3, 0.4) is 0 Å². The summed E-state index contributed by atoms with van der Waals surface area (Å²) in [6, 6.07) is 12.8. The summed E-state index contributed by atoms with van der Waals surface area (Å²) in [5.41, 5.74) is 0.301. The van der Waals surface area contributed by atoms with E-state index in [2.05, 4.69) is 5.32 Å². The van der Waals surface area contributed by atoms with Crippen molar-refractivity contribution in [2.75, 3.05) is 11.4 Å². The Bertz CT molecular complexity index is 1120. The van der Waals surface area contributed by atoms with E-state index in [1.54, 1.807) is 42.5 Å². The van der Waals surface area contributed by atoms with Gasteiger partial charge in [0.05, 0.1) is 31.5 Å². The van der Waals surface area contributed by atoms with E-state index < -0.39 is 41.8 Å². The minimum atomic E-state index is -1.35. The molecule has 0 aliphatic rings. The standard InChI is InChI=1S/C24H23F2N3O4/c1-16(28-22(30)12-17-10-18(25)13-19(26)11-17)24(32)29(20-6-3-2-4-7-20)23(31)15-27-14-21-8-5-9-33-21/h2-11,13,16,27H,12,14-15H2,1H3,(H,28,30)/t16-/m0/s1/i/hD. The van der Waals surface area contributed by atoms with Gasteiger partial charge < -0.3 is 15.0 Å².